The van der Waals surface area contributed by atoms with Crippen molar-refractivity contribution in [1.82, 2.24) is 15.2 Å². The van der Waals surface area contributed by atoms with Gasteiger partial charge in [0.1, 0.15) is 12.1 Å². The van der Waals surface area contributed by atoms with Gasteiger partial charge < -0.3 is 10.6 Å². The van der Waals surface area contributed by atoms with Gasteiger partial charge in [-0.1, -0.05) is 45.0 Å². The molecule has 0 atom stereocenters. The lowest BCUT2D eigenvalue weighted by atomic mass is 9.93. The quantitative estimate of drug-likeness (QED) is 0.697. The second-order valence-corrected chi connectivity index (χ2v) is 7.61. The summed E-state index contributed by atoms with van der Waals surface area (Å²) >= 11 is 1.30. The Morgan fingerprint density at radius 3 is 2.43 bits per heavy atom. The highest BCUT2D eigenvalue weighted by molar-refractivity contribution is 7.14. The van der Waals surface area contributed by atoms with Crippen LogP contribution in [0.2, 0.25) is 0 Å². The predicted molar refractivity (Wildman–Crippen MR) is 109 cm³/mol. The van der Waals surface area contributed by atoms with Crippen LogP contribution in [0.1, 0.15) is 39.2 Å². The fourth-order valence-electron chi connectivity index (χ4n) is 3.23. The molecule has 8 heteroatoms. The van der Waals surface area contributed by atoms with E-state index in [-0.39, 0.29) is 12.5 Å². The van der Waals surface area contributed by atoms with Crippen LogP contribution in [0.5, 0.6) is 0 Å². The molecule has 3 rings (SSSR count). The summed E-state index contributed by atoms with van der Waals surface area (Å²) in [5, 5.41) is 7.69. The van der Waals surface area contributed by atoms with Crippen molar-refractivity contribution in [1.29, 1.82) is 0 Å². The number of hydrogen-bond donors (Lipinski definition) is 2. The van der Waals surface area contributed by atoms with Crippen molar-refractivity contribution in [3.05, 3.63) is 35.2 Å². The highest BCUT2D eigenvalue weighted by atomic mass is 32.1. The number of rotatable bonds is 7. The van der Waals surface area contributed by atoms with E-state index in [1.165, 1.54) is 16.9 Å². The van der Waals surface area contributed by atoms with Gasteiger partial charge in [0.05, 0.1) is 5.69 Å². The molecular weight excluding hydrogens is 376 g/mol. The first-order chi connectivity index (χ1) is 13.4. The molecule has 1 aromatic carbocycles. The van der Waals surface area contributed by atoms with Gasteiger partial charge in [-0.25, -0.2) is 9.78 Å². The van der Waals surface area contributed by atoms with Crippen LogP contribution < -0.4 is 10.6 Å². The zero-order valence-electron chi connectivity index (χ0n) is 16.2. The maximum atomic E-state index is 12.6. The number of amides is 4. The Balaban J connectivity index is 1.65. The summed E-state index contributed by atoms with van der Waals surface area (Å²) in [6.45, 7) is 5.46. The second kappa shape index (κ2) is 8.10. The van der Waals surface area contributed by atoms with Crippen molar-refractivity contribution < 1.29 is 14.4 Å². The number of carbonyl (C=O) groups excluding carboxylic acids is 3. The summed E-state index contributed by atoms with van der Waals surface area (Å²) in [6.07, 6.45) is 1.94. The molecule has 1 aliphatic rings. The van der Waals surface area contributed by atoms with Gasteiger partial charge in [-0.2, -0.15) is 0 Å². The smallest absolute Gasteiger partial charge is 0.323 e. The summed E-state index contributed by atoms with van der Waals surface area (Å²) in [4.78, 5) is 42.5. The Hall–Kier alpha value is -2.74. The molecule has 2 aromatic rings. The molecule has 1 aromatic heterocycles. The summed E-state index contributed by atoms with van der Waals surface area (Å²) < 4.78 is 0. The van der Waals surface area contributed by atoms with E-state index in [0.29, 0.717) is 18.0 Å². The first kappa shape index (κ1) is 20.0. The lowest BCUT2D eigenvalue weighted by Gasteiger charge is -2.22. The highest BCUT2D eigenvalue weighted by Crippen LogP contribution is 2.27. The number of imide groups is 1. The van der Waals surface area contributed by atoms with Crippen molar-refractivity contribution in [2.24, 2.45) is 0 Å². The molecule has 0 aliphatic carbocycles. The van der Waals surface area contributed by atoms with Crippen LogP contribution in [0.3, 0.4) is 0 Å². The fraction of sp³-hybridized carbons (Fsp3) is 0.400. The normalized spacial score (nSPS) is 15.6. The van der Waals surface area contributed by atoms with Crippen molar-refractivity contribution in [3.63, 3.8) is 0 Å². The number of nitrogens with zero attached hydrogens (tertiary/aromatic N) is 2. The van der Waals surface area contributed by atoms with Crippen molar-refractivity contribution in [2.45, 2.75) is 45.6 Å². The van der Waals surface area contributed by atoms with Crippen LogP contribution in [0, 0.1) is 0 Å². The molecule has 1 aliphatic heterocycles. The van der Waals surface area contributed by atoms with E-state index < -0.39 is 17.5 Å². The Morgan fingerprint density at radius 2 is 1.86 bits per heavy atom. The minimum Gasteiger partial charge on any atom is -0.323 e. The molecule has 148 valence electrons. The third-order valence-electron chi connectivity index (χ3n) is 5.16. The number of benzene rings is 1. The maximum absolute atomic E-state index is 12.6. The molecule has 28 heavy (non-hydrogen) atoms. The molecule has 4 amide bonds. The monoisotopic (exact) mass is 400 g/mol. The standard InChI is InChI=1S/C20H24N4O3S/c1-4-13-7-9-14(10-8-13)15-12-28-18(21-15)22-16(25)11-24-17(26)20(5-2,6-3)23-19(24)27/h7-10,12H,4-6,11H2,1-3H3,(H,23,27)(H,21,22,25). The van der Waals surface area contributed by atoms with E-state index in [0.717, 1.165) is 22.6 Å². The van der Waals surface area contributed by atoms with Crippen molar-refractivity contribution in [2.75, 3.05) is 11.9 Å². The van der Waals surface area contributed by atoms with Crippen molar-refractivity contribution >= 4 is 34.3 Å². The molecule has 0 bridgehead atoms. The zero-order chi connectivity index (χ0) is 20.3. The lowest BCUT2D eigenvalue weighted by Crippen LogP contribution is -2.46. The zero-order valence-corrected chi connectivity index (χ0v) is 17.1. The molecule has 2 heterocycles. The number of carbonyl (C=O) groups is 3. The number of hydrogen-bond acceptors (Lipinski definition) is 5. The van der Waals surface area contributed by atoms with Gasteiger partial charge >= 0.3 is 6.03 Å². The molecule has 0 radical (unpaired) electrons. The summed E-state index contributed by atoms with van der Waals surface area (Å²) in [5.41, 5.74) is 2.08. The van der Waals surface area contributed by atoms with Crippen LogP contribution in [0.25, 0.3) is 11.3 Å². The first-order valence-corrected chi connectivity index (χ1v) is 10.3. The van der Waals surface area contributed by atoms with Gasteiger partial charge in [0.25, 0.3) is 5.91 Å². The van der Waals surface area contributed by atoms with E-state index in [1.54, 1.807) is 0 Å². The number of urea groups is 1. The lowest BCUT2D eigenvalue weighted by molar-refractivity contribution is -0.134. The topological polar surface area (TPSA) is 91.4 Å². The van der Waals surface area contributed by atoms with E-state index in [1.807, 2.05) is 31.4 Å². The maximum Gasteiger partial charge on any atom is 0.325 e. The minimum absolute atomic E-state index is 0.327. The number of aryl methyl sites for hydroxylation is 1. The Bertz CT molecular complexity index is 887. The number of thiazole rings is 1. The summed E-state index contributed by atoms with van der Waals surface area (Å²) in [7, 11) is 0. The number of nitrogens with one attached hydrogen (secondary N) is 2. The van der Waals surface area contributed by atoms with Gasteiger partial charge in [-0.15, -0.1) is 11.3 Å². The van der Waals surface area contributed by atoms with Gasteiger partial charge in [-0.3, -0.25) is 14.5 Å². The predicted octanol–water partition coefficient (Wildman–Crippen LogP) is 3.42. The number of anilines is 1. The Morgan fingerprint density at radius 1 is 1.18 bits per heavy atom. The van der Waals surface area contributed by atoms with Gasteiger partial charge in [0.15, 0.2) is 5.13 Å². The molecule has 2 N–H and O–H groups in total. The second-order valence-electron chi connectivity index (χ2n) is 6.75. The van der Waals surface area contributed by atoms with E-state index >= 15 is 0 Å². The van der Waals surface area contributed by atoms with E-state index in [2.05, 4.69) is 34.7 Å². The molecule has 7 nitrogen and oxygen atoms in total. The van der Waals surface area contributed by atoms with Gasteiger partial charge in [0, 0.05) is 10.9 Å². The Labute approximate surface area is 168 Å². The first-order valence-electron chi connectivity index (χ1n) is 9.41. The molecule has 1 fully saturated rings. The van der Waals surface area contributed by atoms with Crippen LogP contribution in [0.4, 0.5) is 9.93 Å². The molecule has 0 unspecified atom stereocenters. The SMILES string of the molecule is CCc1ccc(-c2csc(NC(=O)CN3C(=O)NC(CC)(CC)C3=O)n2)cc1. The fourth-order valence-corrected chi connectivity index (χ4v) is 3.96. The summed E-state index contributed by atoms with van der Waals surface area (Å²) in [5.74, 6) is -0.803. The van der Waals surface area contributed by atoms with Crippen LogP contribution in [-0.4, -0.2) is 39.8 Å². The summed E-state index contributed by atoms with van der Waals surface area (Å²) in [6, 6.07) is 7.58. The van der Waals surface area contributed by atoms with Gasteiger partial charge in [-0.05, 0) is 24.8 Å². The van der Waals surface area contributed by atoms with Gasteiger partial charge in [0.2, 0.25) is 5.91 Å². The largest absolute Gasteiger partial charge is 0.325 e. The van der Waals surface area contributed by atoms with E-state index in [9.17, 15) is 14.4 Å². The Kier molecular flexibility index (Phi) is 5.79. The third kappa shape index (κ3) is 3.77. The van der Waals surface area contributed by atoms with Crippen LogP contribution >= 0.6 is 11.3 Å². The van der Waals surface area contributed by atoms with Crippen molar-refractivity contribution in [3.8, 4) is 11.3 Å². The molecule has 1 saturated heterocycles. The third-order valence-corrected chi connectivity index (χ3v) is 5.92. The minimum atomic E-state index is -0.906. The molecule has 0 spiro atoms. The molecule has 0 saturated carbocycles. The highest BCUT2D eigenvalue weighted by Gasteiger charge is 2.49. The average molecular weight is 401 g/mol. The number of aromatic nitrogens is 1. The molecular formula is C20H24N4O3S. The van der Waals surface area contributed by atoms with E-state index in [4.69, 9.17) is 0 Å². The van der Waals surface area contributed by atoms with Crippen LogP contribution in [-0.2, 0) is 16.0 Å². The van der Waals surface area contributed by atoms with Crippen LogP contribution in [0.15, 0.2) is 29.6 Å². The average Bonchev–Trinajstić information content (AvgIpc) is 3.26.